The van der Waals surface area contributed by atoms with Crippen LogP contribution in [-0.2, 0) is 11.4 Å². The number of carbonyl (C=O) groups excluding carboxylic acids is 1. The number of likely N-dealkylation sites (tertiary alicyclic amines) is 1. The Morgan fingerprint density at radius 1 is 1.21 bits per heavy atom. The summed E-state index contributed by atoms with van der Waals surface area (Å²) in [5.41, 5.74) is 2.71. The summed E-state index contributed by atoms with van der Waals surface area (Å²) in [6, 6.07) is 17.8. The second-order valence-electron chi connectivity index (χ2n) is 7.57. The van der Waals surface area contributed by atoms with Crippen molar-refractivity contribution in [3.8, 4) is 17.2 Å². The molecule has 4 rings (SSSR count). The van der Waals surface area contributed by atoms with E-state index in [0.717, 1.165) is 42.5 Å². The van der Waals surface area contributed by atoms with Crippen molar-refractivity contribution in [1.29, 1.82) is 0 Å². The first-order chi connectivity index (χ1) is 14.2. The van der Waals surface area contributed by atoms with Gasteiger partial charge in [-0.25, -0.2) is 4.98 Å². The topological polar surface area (TPSA) is 55.6 Å². The Kier molecular flexibility index (Phi) is 5.76. The van der Waals surface area contributed by atoms with Gasteiger partial charge in [0.2, 0.25) is 5.89 Å². The summed E-state index contributed by atoms with van der Waals surface area (Å²) in [5.74, 6) is 2.02. The van der Waals surface area contributed by atoms with Gasteiger partial charge in [0.15, 0.2) is 0 Å². The molecule has 1 aliphatic rings. The summed E-state index contributed by atoms with van der Waals surface area (Å²) in [6.07, 6.45) is 3.20. The second-order valence-corrected chi connectivity index (χ2v) is 7.57. The maximum atomic E-state index is 11.8. The monoisotopic (exact) mass is 390 g/mol. The van der Waals surface area contributed by atoms with E-state index in [-0.39, 0.29) is 6.04 Å². The molecule has 5 heteroatoms. The second kappa shape index (κ2) is 8.62. The van der Waals surface area contributed by atoms with Gasteiger partial charge in [0.05, 0.1) is 0 Å². The van der Waals surface area contributed by atoms with E-state index in [1.165, 1.54) is 0 Å². The fourth-order valence-corrected chi connectivity index (χ4v) is 3.91. The average molecular weight is 390 g/mol. The van der Waals surface area contributed by atoms with Crippen LogP contribution in [0, 0.1) is 6.92 Å². The Labute approximate surface area is 171 Å². The molecule has 0 spiro atoms. The number of aromatic nitrogens is 1. The molecular formula is C24H26N2O3. The predicted molar refractivity (Wildman–Crippen MR) is 112 cm³/mol. The molecule has 0 N–H and O–H groups in total. The van der Waals surface area contributed by atoms with Crippen LogP contribution in [0.5, 0.6) is 5.75 Å². The van der Waals surface area contributed by atoms with Crippen molar-refractivity contribution in [3.63, 3.8) is 0 Å². The largest absolute Gasteiger partial charge is 0.489 e. The Hall–Kier alpha value is -2.92. The molecule has 1 aliphatic heterocycles. The van der Waals surface area contributed by atoms with Crippen LogP contribution in [0.4, 0.5) is 0 Å². The van der Waals surface area contributed by atoms with Crippen molar-refractivity contribution in [2.24, 2.45) is 0 Å². The van der Waals surface area contributed by atoms with Crippen molar-refractivity contribution in [2.75, 3.05) is 6.54 Å². The maximum absolute atomic E-state index is 11.8. The van der Waals surface area contributed by atoms with Gasteiger partial charge in [-0.05, 0) is 63.1 Å². The Morgan fingerprint density at radius 2 is 1.97 bits per heavy atom. The number of hydrogen-bond acceptors (Lipinski definition) is 5. The number of aldehydes is 1. The standard InChI is InChI=1S/C24H26N2O3/c1-17-7-6-14-26(17)22(15-27)23-18(2)29-24(25-23)20-10-12-21(13-11-20)28-16-19-8-4-3-5-9-19/h3-5,8-13,15,17,22H,6-7,14,16H2,1-2H3/t17-,22?/m1/s1. The van der Waals surface area contributed by atoms with Gasteiger partial charge >= 0.3 is 0 Å². The number of ether oxygens (including phenoxy) is 1. The van der Waals surface area contributed by atoms with Crippen LogP contribution in [0.1, 0.15) is 42.8 Å². The highest BCUT2D eigenvalue weighted by atomic mass is 16.5. The van der Waals surface area contributed by atoms with Gasteiger partial charge in [0.25, 0.3) is 0 Å². The lowest BCUT2D eigenvalue weighted by molar-refractivity contribution is -0.113. The fourth-order valence-electron chi connectivity index (χ4n) is 3.91. The minimum atomic E-state index is -0.349. The van der Waals surface area contributed by atoms with Gasteiger partial charge < -0.3 is 13.9 Å². The number of aryl methyl sites for hydroxylation is 1. The van der Waals surface area contributed by atoms with E-state index in [1.54, 1.807) is 0 Å². The molecule has 1 aromatic heterocycles. The molecule has 1 saturated heterocycles. The van der Waals surface area contributed by atoms with Crippen molar-refractivity contribution in [1.82, 2.24) is 9.88 Å². The number of oxazole rings is 1. The number of rotatable bonds is 7. The van der Waals surface area contributed by atoms with Crippen LogP contribution < -0.4 is 4.74 Å². The summed E-state index contributed by atoms with van der Waals surface area (Å²) in [6.45, 7) is 5.48. The van der Waals surface area contributed by atoms with Gasteiger partial charge in [-0.15, -0.1) is 0 Å². The summed E-state index contributed by atoms with van der Waals surface area (Å²) in [5, 5.41) is 0. The van der Waals surface area contributed by atoms with Gasteiger partial charge in [-0.1, -0.05) is 30.3 Å². The van der Waals surface area contributed by atoms with Crippen molar-refractivity contribution in [2.45, 2.75) is 45.4 Å². The molecule has 2 atom stereocenters. The third-order valence-corrected chi connectivity index (χ3v) is 5.55. The smallest absolute Gasteiger partial charge is 0.226 e. The van der Waals surface area contributed by atoms with Crippen LogP contribution in [-0.4, -0.2) is 28.8 Å². The first-order valence-corrected chi connectivity index (χ1v) is 10.1. The van der Waals surface area contributed by atoms with Crippen LogP contribution in [0.3, 0.4) is 0 Å². The van der Waals surface area contributed by atoms with Gasteiger partial charge in [0, 0.05) is 11.6 Å². The number of carbonyl (C=O) groups is 1. The quantitative estimate of drug-likeness (QED) is 0.534. The zero-order valence-electron chi connectivity index (χ0n) is 16.9. The first kappa shape index (κ1) is 19.4. The summed E-state index contributed by atoms with van der Waals surface area (Å²) in [4.78, 5) is 18.7. The van der Waals surface area contributed by atoms with Crippen LogP contribution in [0.25, 0.3) is 11.5 Å². The lowest BCUT2D eigenvalue weighted by atomic mass is 10.1. The molecule has 2 aromatic carbocycles. The summed E-state index contributed by atoms with van der Waals surface area (Å²) in [7, 11) is 0. The van der Waals surface area contributed by atoms with Gasteiger partial charge in [0.1, 0.15) is 36.1 Å². The predicted octanol–water partition coefficient (Wildman–Crippen LogP) is 4.95. The lowest BCUT2D eigenvalue weighted by Crippen LogP contribution is -2.33. The molecule has 2 heterocycles. The van der Waals surface area contributed by atoms with Gasteiger partial charge in [-0.2, -0.15) is 0 Å². The molecule has 0 amide bonds. The molecule has 0 aliphatic carbocycles. The fraction of sp³-hybridized carbons (Fsp3) is 0.333. The number of benzene rings is 2. The van der Waals surface area contributed by atoms with E-state index in [9.17, 15) is 4.79 Å². The van der Waals surface area contributed by atoms with E-state index in [0.29, 0.717) is 30.0 Å². The molecule has 5 nitrogen and oxygen atoms in total. The van der Waals surface area contributed by atoms with Crippen molar-refractivity contribution < 1.29 is 13.9 Å². The summed E-state index contributed by atoms with van der Waals surface area (Å²) < 4.78 is 11.8. The van der Waals surface area contributed by atoms with E-state index in [1.807, 2.05) is 61.5 Å². The molecule has 1 unspecified atom stereocenters. The molecule has 0 saturated carbocycles. The lowest BCUT2D eigenvalue weighted by Gasteiger charge is -2.26. The summed E-state index contributed by atoms with van der Waals surface area (Å²) >= 11 is 0. The van der Waals surface area contributed by atoms with E-state index >= 15 is 0 Å². The highest BCUT2D eigenvalue weighted by Gasteiger charge is 2.32. The zero-order chi connectivity index (χ0) is 20.2. The van der Waals surface area contributed by atoms with Gasteiger partial charge in [-0.3, -0.25) is 4.90 Å². The molecule has 150 valence electrons. The number of nitrogens with zero attached hydrogens (tertiary/aromatic N) is 2. The zero-order valence-corrected chi connectivity index (χ0v) is 16.9. The van der Waals surface area contributed by atoms with Crippen LogP contribution in [0.2, 0.25) is 0 Å². The minimum Gasteiger partial charge on any atom is -0.489 e. The van der Waals surface area contributed by atoms with E-state index in [2.05, 4.69) is 16.8 Å². The minimum absolute atomic E-state index is 0.349. The maximum Gasteiger partial charge on any atom is 0.226 e. The van der Waals surface area contributed by atoms with E-state index < -0.39 is 0 Å². The average Bonchev–Trinajstić information content (AvgIpc) is 3.35. The third-order valence-electron chi connectivity index (χ3n) is 5.55. The molecular weight excluding hydrogens is 364 g/mol. The first-order valence-electron chi connectivity index (χ1n) is 10.1. The molecule has 29 heavy (non-hydrogen) atoms. The molecule has 3 aromatic rings. The Morgan fingerprint density at radius 3 is 2.62 bits per heavy atom. The normalized spacial score (nSPS) is 17.9. The van der Waals surface area contributed by atoms with Crippen molar-refractivity contribution >= 4 is 6.29 Å². The van der Waals surface area contributed by atoms with Crippen LogP contribution in [0.15, 0.2) is 59.0 Å². The highest BCUT2D eigenvalue weighted by molar-refractivity contribution is 5.63. The van der Waals surface area contributed by atoms with E-state index in [4.69, 9.17) is 9.15 Å². The van der Waals surface area contributed by atoms with Crippen LogP contribution >= 0.6 is 0 Å². The molecule has 0 bridgehead atoms. The van der Waals surface area contributed by atoms with Crippen molar-refractivity contribution in [3.05, 3.63) is 71.6 Å². The molecule has 1 fully saturated rings. The number of hydrogen-bond donors (Lipinski definition) is 0. The highest BCUT2D eigenvalue weighted by Crippen LogP contribution is 2.32. The Bertz CT molecular complexity index is 950. The Balaban J connectivity index is 1.49. The third kappa shape index (κ3) is 4.25. The molecule has 0 radical (unpaired) electrons. The SMILES string of the molecule is Cc1oc(-c2ccc(OCc3ccccc3)cc2)nc1C(C=O)N1CCC[C@H]1C.